The van der Waals surface area contributed by atoms with E-state index in [2.05, 4.69) is 4.98 Å². The Morgan fingerprint density at radius 2 is 2.46 bits per heavy atom. The number of oxazole rings is 1. The molecule has 0 saturated heterocycles. The first kappa shape index (κ1) is 8.78. The van der Waals surface area contributed by atoms with Crippen molar-refractivity contribution in [2.24, 2.45) is 0 Å². The number of aromatic nitrogens is 1. The Balaban J connectivity index is 2.43. The Kier molecular flexibility index (Phi) is 2.38. The molecule has 0 aliphatic rings. The summed E-state index contributed by atoms with van der Waals surface area (Å²) < 4.78 is 5.46. The van der Waals surface area contributed by atoms with Crippen molar-refractivity contribution in [3.05, 3.63) is 29.0 Å². The summed E-state index contributed by atoms with van der Waals surface area (Å²) in [6.07, 6.45) is 0. The molecular formula is C9H8ClNOS. The molecule has 0 bridgehead atoms. The molecule has 0 radical (unpaired) electrons. The van der Waals surface area contributed by atoms with Crippen LogP contribution in [-0.4, -0.2) is 4.98 Å². The van der Waals surface area contributed by atoms with Gasteiger partial charge < -0.3 is 4.42 Å². The van der Waals surface area contributed by atoms with Crippen LogP contribution in [0.5, 0.6) is 0 Å². The summed E-state index contributed by atoms with van der Waals surface area (Å²) in [6, 6.07) is 3.95. The number of alkyl halides is 1. The molecule has 4 heteroatoms. The van der Waals surface area contributed by atoms with Gasteiger partial charge in [0, 0.05) is 0 Å². The van der Waals surface area contributed by atoms with Crippen molar-refractivity contribution in [2.75, 3.05) is 0 Å². The van der Waals surface area contributed by atoms with E-state index in [1.807, 2.05) is 24.4 Å². The van der Waals surface area contributed by atoms with Gasteiger partial charge in [0.05, 0.1) is 16.5 Å². The predicted octanol–water partition coefficient (Wildman–Crippen LogP) is 3.45. The van der Waals surface area contributed by atoms with Crippen LogP contribution in [0.15, 0.2) is 21.9 Å². The lowest BCUT2D eigenvalue weighted by atomic mass is 10.4. The van der Waals surface area contributed by atoms with Gasteiger partial charge in [0.25, 0.3) is 0 Å². The molecule has 0 N–H and O–H groups in total. The number of halogens is 1. The molecule has 0 fully saturated rings. The minimum atomic E-state index is 0.403. The van der Waals surface area contributed by atoms with E-state index in [1.54, 1.807) is 11.3 Å². The van der Waals surface area contributed by atoms with E-state index in [-0.39, 0.29) is 0 Å². The van der Waals surface area contributed by atoms with Gasteiger partial charge in [-0.2, -0.15) is 0 Å². The second kappa shape index (κ2) is 3.52. The van der Waals surface area contributed by atoms with Crippen LogP contribution in [0.2, 0.25) is 0 Å². The Morgan fingerprint density at radius 3 is 3.00 bits per heavy atom. The fourth-order valence-corrected chi connectivity index (χ4v) is 1.95. The summed E-state index contributed by atoms with van der Waals surface area (Å²) >= 11 is 7.30. The van der Waals surface area contributed by atoms with Gasteiger partial charge in [-0.25, -0.2) is 4.98 Å². The monoisotopic (exact) mass is 213 g/mol. The van der Waals surface area contributed by atoms with Gasteiger partial charge in [0.15, 0.2) is 0 Å². The van der Waals surface area contributed by atoms with Crippen LogP contribution in [0, 0.1) is 6.92 Å². The molecule has 0 aromatic carbocycles. The highest BCUT2D eigenvalue weighted by atomic mass is 35.5. The van der Waals surface area contributed by atoms with Gasteiger partial charge >= 0.3 is 0 Å². The molecule has 0 amide bonds. The van der Waals surface area contributed by atoms with Crippen molar-refractivity contribution in [1.82, 2.24) is 4.98 Å². The van der Waals surface area contributed by atoms with E-state index in [9.17, 15) is 0 Å². The topological polar surface area (TPSA) is 26.0 Å². The van der Waals surface area contributed by atoms with Crippen LogP contribution < -0.4 is 0 Å². The van der Waals surface area contributed by atoms with Gasteiger partial charge in [0.2, 0.25) is 5.89 Å². The van der Waals surface area contributed by atoms with E-state index < -0.39 is 0 Å². The molecule has 2 heterocycles. The third-order valence-corrected chi connectivity index (χ3v) is 2.86. The zero-order valence-corrected chi connectivity index (χ0v) is 8.65. The number of rotatable bonds is 2. The Morgan fingerprint density at radius 1 is 1.62 bits per heavy atom. The molecule has 0 saturated carbocycles. The van der Waals surface area contributed by atoms with Crippen molar-refractivity contribution in [3.63, 3.8) is 0 Å². The lowest BCUT2D eigenvalue weighted by molar-refractivity contribution is 0.542. The third-order valence-electron chi connectivity index (χ3n) is 1.75. The van der Waals surface area contributed by atoms with Crippen LogP contribution in [-0.2, 0) is 5.88 Å². The summed E-state index contributed by atoms with van der Waals surface area (Å²) in [6.45, 7) is 1.88. The van der Waals surface area contributed by atoms with E-state index in [0.717, 1.165) is 16.3 Å². The average Bonchev–Trinajstić information content (AvgIpc) is 2.71. The van der Waals surface area contributed by atoms with E-state index >= 15 is 0 Å². The number of nitrogens with zero attached hydrogens (tertiary/aromatic N) is 1. The van der Waals surface area contributed by atoms with Gasteiger partial charge in [-0.05, 0) is 18.4 Å². The second-order valence-electron chi connectivity index (χ2n) is 2.63. The molecule has 0 spiro atoms. The molecule has 0 aliphatic carbocycles. The first-order chi connectivity index (χ1) is 6.31. The molecular weight excluding hydrogens is 206 g/mol. The van der Waals surface area contributed by atoms with Gasteiger partial charge in [-0.3, -0.25) is 0 Å². The van der Waals surface area contributed by atoms with Crippen LogP contribution in [0.1, 0.15) is 11.5 Å². The molecule has 0 atom stereocenters. The smallest absolute Gasteiger partial charge is 0.236 e. The van der Waals surface area contributed by atoms with E-state index in [0.29, 0.717) is 11.8 Å². The third kappa shape index (κ3) is 1.62. The number of thiophene rings is 1. The van der Waals surface area contributed by atoms with Gasteiger partial charge in [0.1, 0.15) is 5.76 Å². The molecule has 2 nitrogen and oxygen atoms in total. The molecule has 0 unspecified atom stereocenters. The molecule has 13 heavy (non-hydrogen) atoms. The first-order valence-electron chi connectivity index (χ1n) is 3.87. The van der Waals surface area contributed by atoms with Crippen LogP contribution in [0.25, 0.3) is 10.8 Å². The largest absolute Gasteiger partial charge is 0.440 e. The van der Waals surface area contributed by atoms with E-state index in [1.165, 1.54) is 0 Å². The number of aryl methyl sites for hydroxylation is 1. The standard InChI is InChI=1S/C9H8ClNOS/c1-6-7(5-10)11-9(12-6)8-3-2-4-13-8/h2-4H,5H2,1H3. The maximum absolute atomic E-state index is 5.69. The lowest BCUT2D eigenvalue weighted by Crippen LogP contribution is -1.79. The summed E-state index contributed by atoms with van der Waals surface area (Å²) in [7, 11) is 0. The van der Waals surface area contributed by atoms with Crippen molar-refractivity contribution in [3.8, 4) is 10.8 Å². The van der Waals surface area contributed by atoms with Gasteiger partial charge in [-0.1, -0.05) is 6.07 Å². The zero-order valence-electron chi connectivity index (χ0n) is 7.08. The predicted molar refractivity (Wildman–Crippen MR) is 54.1 cm³/mol. The Labute approximate surface area is 85.2 Å². The maximum atomic E-state index is 5.69. The quantitative estimate of drug-likeness (QED) is 0.715. The maximum Gasteiger partial charge on any atom is 0.236 e. The summed E-state index contributed by atoms with van der Waals surface area (Å²) in [5, 5.41) is 2.00. The van der Waals surface area contributed by atoms with Crippen molar-refractivity contribution in [1.29, 1.82) is 0 Å². The lowest BCUT2D eigenvalue weighted by Gasteiger charge is -1.84. The van der Waals surface area contributed by atoms with Crippen LogP contribution >= 0.6 is 22.9 Å². The van der Waals surface area contributed by atoms with Crippen LogP contribution in [0.3, 0.4) is 0 Å². The van der Waals surface area contributed by atoms with Crippen molar-refractivity contribution >= 4 is 22.9 Å². The summed E-state index contributed by atoms with van der Waals surface area (Å²) in [5.41, 5.74) is 0.824. The minimum Gasteiger partial charge on any atom is -0.440 e. The fraction of sp³-hybridized carbons (Fsp3) is 0.222. The molecule has 2 rings (SSSR count). The highest BCUT2D eigenvalue weighted by Gasteiger charge is 2.10. The van der Waals surface area contributed by atoms with Crippen molar-refractivity contribution < 1.29 is 4.42 Å². The average molecular weight is 214 g/mol. The normalized spacial score (nSPS) is 10.6. The molecule has 2 aromatic rings. The fourth-order valence-electron chi connectivity index (χ4n) is 1.06. The SMILES string of the molecule is Cc1oc(-c2cccs2)nc1CCl. The van der Waals surface area contributed by atoms with Gasteiger partial charge in [-0.15, -0.1) is 22.9 Å². The van der Waals surface area contributed by atoms with E-state index in [4.69, 9.17) is 16.0 Å². The molecule has 2 aromatic heterocycles. The number of hydrogen-bond acceptors (Lipinski definition) is 3. The number of hydrogen-bond donors (Lipinski definition) is 0. The molecule has 68 valence electrons. The van der Waals surface area contributed by atoms with Crippen LogP contribution in [0.4, 0.5) is 0 Å². The highest BCUT2D eigenvalue weighted by Crippen LogP contribution is 2.26. The summed E-state index contributed by atoms with van der Waals surface area (Å²) in [5.74, 6) is 1.88. The second-order valence-corrected chi connectivity index (χ2v) is 3.85. The minimum absolute atomic E-state index is 0.403. The first-order valence-corrected chi connectivity index (χ1v) is 5.29. The Hall–Kier alpha value is -0.800. The zero-order chi connectivity index (χ0) is 9.26. The Bertz CT molecular complexity index is 394. The van der Waals surface area contributed by atoms with Crippen molar-refractivity contribution in [2.45, 2.75) is 12.8 Å². The molecule has 0 aliphatic heterocycles. The summed E-state index contributed by atoms with van der Waals surface area (Å²) in [4.78, 5) is 5.32. The highest BCUT2D eigenvalue weighted by molar-refractivity contribution is 7.13.